The molecule has 2 aromatic rings. The van der Waals surface area contributed by atoms with E-state index < -0.39 is 12.4 Å². The molecule has 1 aliphatic rings. The molecule has 1 aromatic carbocycles. The Bertz CT molecular complexity index is 630. The number of benzene rings is 1. The van der Waals surface area contributed by atoms with Crippen LogP contribution in [-0.2, 0) is 19.5 Å². The van der Waals surface area contributed by atoms with Gasteiger partial charge in [-0.2, -0.15) is 13.9 Å². The smallest absolute Gasteiger partial charge is 0.387 e. The maximum absolute atomic E-state index is 13.9. The van der Waals surface area contributed by atoms with Gasteiger partial charge in [-0.15, -0.1) is 0 Å². The number of nitrogens with one attached hydrogen (secondary N) is 1. The van der Waals surface area contributed by atoms with Gasteiger partial charge < -0.3 is 4.74 Å². The quantitative estimate of drug-likeness (QED) is 0.943. The van der Waals surface area contributed by atoms with Gasteiger partial charge in [0.15, 0.2) is 0 Å². The number of aromatic amines is 1. The fraction of sp³-hybridized carbons (Fsp3) is 0.357. The first-order valence-electron chi connectivity index (χ1n) is 6.58. The van der Waals surface area contributed by atoms with Crippen molar-refractivity contribution >= 4 is 0 Å². The summed E-state index contributed by atoms with van der Waals surface area (Å²) in [6, 6.07) is 3.84. The lowest BCUT2D eigenvalue weighted by molar-refractivity contribution is -0.0500. The summed E-state index contributed by atoms with van der Waals surface area (Å²) >= 11 is 0. The number of fused-ring (bicyclic) bond motifs is 1. The van der Waals surface area contributed by atoms with Crippen LogP contribution in [-0.4, -0.2) is 28.3 Å². The van der Waals surface area contributed by atoms with Gasteiger partial charge in [0, 0.05) is 48.9 Å². The van der Waals surface area contributed by atoms with Gasteiger partial charge in [-0.1, -0.05) is 6.07 Å². The number of ether oxygens (including phenoxy) is 1. The Balaban J connectivity index is 1.68. The lowest BCUT2D eigenvalue weighted by Crippen LogP contribution is -2.30. The summed E-state index contributed by atoms with van der Waals surface area (Å²) < 4.78 is 42.2. The predicted octanol–water partition coefficient (Wildman–Crippen LogP) is 2.71. The molecule has 0 saturated carbocycles. The van der Waals surface area contributed by atoms with Crippen molar-refractivity contribution in [3.63, 3.8) is 0 Å². The van der Waals surface area contributed by atoms with E-state index in [0.717, 1.165) is 30.3 Å². The molecule has 0 fully saturated rings. The van der Waals surface area contributed by atoms with Gasteiger partial charge in [0.1, 0.15) is 11.6 Å². The SMILES string of the molecule is Fc1cc(OC(F)F)ccc1CN1CCc2[nH]ncc2C1. The highest BCUT2D eigenvalue weighted by Crippen LogP contribution is 2.22. The first-order chi connectivity index (χ1) is 10.1. The van der Waals surface area contributed by atoms with Crippen LogP contribution in [0.2, 0.25) is 0 Å². The van der Waals surface area contributed by atoms with Crippen LogP contribution < -0.4 is 4.74 Å². The summed E-state index contributed by atoms with van der Waals surface area (Å²) in [5, 5.41) is 6.93. The average molecular weight is 297 g/mol. The second-order valence-corrected chi connectivity index (χ2v) is 4.97. The number of H-pyrrole nitrogens is 1. The molecule has 1 aromatic heterocycles. The lowest BCUT2D eigenvalue weighted by Gasteiger charge is -2.26. The van der Waals surface area contributed by atoms with Gasteiger partial charge in [0.25, 0.3) is 0 Å². The molecular weight excluding hydrogens is 283 g/mol. The average Bonchev–Trinajstić information content (AvgIpc) is 2.88. The summed E-state index contributed by atoms with van der Waals surface area (Å²) in [6.45, 7) is -1.03. The monoisotopic (exact) mass is 297 g/mol. The molecule has 0 atom stereocenters. The van der Waals surface area contributed by atoms with Crippen molar-refractivity contribution in [1.29, 1.82) is 0 Å². The van der Waals surface area contributed by atoms with Crippen molar-refractivity contribution in [3.8, 4) is 5.75 Å². The molecule has 3 rings (SSSR count). The van der Waals surface area contributed by atoms with E-state index in [0.29, 0.717) is 18.7 Å². The Morgan fingerprint density at radius 2 is 2.24 bits per heavy atom. The third-order valence-electron chi connectivity index (χ3n) is 3.52. The Labute approximate surface area is 119 Å². The normalized spacial score (nSPS) is 15.2. The number of rotatable bonds is 4. The molecule has 2 heterocycles. The minimum absolute atomic E-state index is 0.165. The molecule has 112 valence electrons. The van der Waals surface area contributed by atoms with Crippen molar-refractivity contribution in [1.82, 2.24) is 15.1 Å². The van der Waals surface area contributed by atoms with Crippen LogP contribution >= 0.6 is 0 Å². The van der Waals surface area contributed by atoms with E-state index in [1.54, 1.807) is 6.20 Å². The fourth-order valence-corrected chi connectivity index (χ4v) is 2.49. The van der Waals surface area contributed by atoms with E-state index in [4.69, 9.17) is 0 Å². The maximum atomic E-state index is 13.9. The van der Waals surface area contributed by atoms with Crippen LogP contribution in [0, 0.1) is 5.82 Å². The lowest BCUT2D eigenvalue weighted by atomic mass is 10.1. The zero-order chi connectivity index (χ0) is 14.8. The van der Waals surface area contributed by atoms with Crippen molar-refractivity contribution in [2.75, 3.05) is 6.54 Å². The van der Waals surface area contributed by atoms with Crippen LogP contribution in [0.25, 0.3) is 0 Å². The van der Waals surface area contributed by atoms with Gasteiger partial charge in [-0.05, 0) is 6.07 Å². The Kier molecular flexibility index (Phi) is 3.83. The number of halogens is 3. The molecule has 0 aliphatic carbocycles. The summed E-state index contributed by atoms with van der Waals surface area (Å²) in [5.74, 6) is -0.701. The highest BCUT2D eigenvalue weighted by molar-refractivity contribution is 5.29. The molecule has 0 amide bonds. The molecule has 7 heteroatoms. The van der Waals surface area contributed by atoms with Crippen molar-refractivity contribution in [2.24, 2.45) is 0 Å². The molecule has 1 N–H and O–H groups in total. The third kappa shape index (κ3) is 3.18. The van der Waals surface area contributed by atoms with Gasteiger partial charge in [0.05, 0.1) is 6.20 Å². The van der Waals surface area contributed by atoms with Gasteiger partial charge in [0.2, 0.25) is 0 Å². The van der Waals surface area contributed by atoms with Crippen LogP contribution in [0.4, 0.5) is 13.2 Å². The minimum Gasteiger partial charge on any atom is -0.435 e. The van der Waals surface area contributed by atoms with E-state index in [-0.39, 0.29) is 5.75 Å². The van der Waals surface area contributed by atoms with Crippen molar-refractivity contribution in [3.05, 3.63) is 47.0 Å². The number of aromatic nitrogens is 2. The first kappa shape index (κ1) is 13.9. The van der Waals surface area contributed by atoms with Crippen LogP contribution in [0.5, 0.6) is 5.75 Å². The molecule has 4 nitrogen and oxygen atoms in total. The standard InChI is InChI=1S/C14H14F3N3O/c15-12-5-11(21-14(16)17)2-1-9(12)7-20-4-3-13-10(8-20)6-18-19-13/h1-2,5-6,14H,3-4,7-8H2,(H,18,19). The van der Waals surface area contributed by atoms with Gasteiger partial charge >= 0.3 is 6.61 Å². The van der Waals surface area contributed by atoms with E-state index in [1.165, 1.54) is 12.1 Å². The zero-order valence-corrected chi connectivity index (χ0v) is 11.2. The van der Waals surface area contributed by atoms with Crippen molar-refractivity contribution in [2.45, 2.75) is 26.1 Å². The summed E-state index contributed by atoms with van der Waals surface area (Å²) in [5.41, 5.74) is 2.69. The number of nitrogens with zero attached hydrogens (tertiary/aromatic N) is 2. The van der Waals surface area contributed by atoms with E-state index in [2.05, 4.69) is 19.8 Å². The summed E-state index contributed by atoms with van der Waals surface area (Å²) in [4.78, 5) is 2.09. The second kappa shape index (κ2) is 5.77. The highest BCUT2D eigenvalue weighted by atomic mass is 19.3. The second-order valence-electron chi connectivity index (χ2n) is 4.97. The molecule has 0 spiro atoms. The molecule has 1 aliphatic heterocycles. The zero-order valence-electron chi connectivity index (χ0n) is 11.2. The Morgan fingerprint density at radius 1 is 1.38 bits per heavy atom. The predicted molar refractivity (Wildman–Crippen MR) is 69.4 cm³/mol. The minimum atomic E-state index is -2.95. The van der Waals surface area contributed by atoms with Gasteiger partial charge in [-0.25, -0.2) is 4.39 Å². The van der Waals surface area contributed by atoms with E-state index in [9.17, 15) is 13.2 Å². The Morgan fingerprint density at radius 3 is 3.00 bits per heavy atom. The van der Waals surface area contributed by atoms with E-state index >= 15 is 0 Å². The van der Waals surface area contributed by atoms with Crippen LogP contribution in [0.15, 0.2) is 24.4 Å². The summed E-state index contributed by atoms with van der Waals surface area (Å²) in [7, 11) is 0. The molecule has 0 radical (unpaired) electrons. The van der Waals surface area contributed by atoms with Crippen LogP contribution in [0.1, 0.15) is 16.8 Å². The molecule has 0 unspecified atom stereocenters. The van der Waals surface area contributed by atoms with Crippen molar-refractivity contribution < 1.29 is 17.9 Å². The highest BCUT2D eigenvalue weighted by Gasteiger charge is 2.19. The molecular formula is C14H14F3N3O. The molecule has 0 saturated heterocycles. The van der Waals surface area contributed by atoms with Gasteiger partial charge in [-0.3, -0.25) is 10.00 Å². The van der Waals surface area contributed by atoms with Crippen LogP contribution in [0.3, 0.4) is 0 Å². The number of alkyl halides is 2. The third-order valence-corrected chi connectivity index (χ3v) is 3.52. The first-order valence-corrected chi connectivity index (χ1v) is 6.58. The fourth-order valence-electron chi connectivity index (χ4n) is 2.49. The number of hydrogen-bond donors (Lipinski definition) is 1. The summed E-state index contributed by atoms with van der Waals surface area (Å²) in [6.07, 6.45) is 2.61. The maximum Gasteiger partial charge on any atom is 0.387 e. The Hall–Kier alpha value is -2.02. The number of hydrogen-bond acceptors (Lipinski definition) is 3. The molecule has 0 bridgehead atoms. The topological polar surface area (TPSA) is 41.1 Å². The molecule has 21 heavy (non-hydrogen) atoms. The largest absolute Gasteiger partial charge is 0.435 e. The van der Waals surface area contributed by atoms with E-state index in [1.807, 2.05) is 0 Å².